The quantitative estimate of drug-likeness (QED) is 0.514. The summed E-state index contributed by atoms with van der Waals surface area (Å²) in [6.07, 6.45) is 3.51. The number of likely N-dealkylation sites (tertiary alicyclic amines) is 1. The van der Waals surface area contributed by atoms with Crippen molar-refractivity contribution in [3.8, 4) is 0 Å². The van der Waals surface area contributed by atoms with Gasteiger partial charge in [0.25, 0.3) is 5.91 Å². The molecule has 0 bridgehead atoms. The molecular formula is C9H18N2O2. The van der Waals surface area contributed by atoms with Crippen LogP contribution in [0.3, 0.4) is 0 Å². The van der Waals surface area contributed by atoms with Crippen molar-refractivity contribution < 1.29 is 9.63 Å². The van der Waals surface area contributed by atoms with Crippen molar-refractivity contribution in [3.63, 3.8) is 0 Å². The maximum Gasteiger partial charge on any atom is 0.250 e. The van der Waals surface area contributed by atoms with Crippen molar-refractivity contribution in [3.05, 3.63) is 0 Å². The van der Waals surface area contributed by atoms with Gasteiger partial charge in [-0.15, -0.1) is 0 Å². The van der Waals surface area contributed by atoms with Crippen LogP contribution in [0.15, 0.2) is 0 Å². The zero-order valence-electron chi connectivity index (χ0n) is 8.21. The molecule has 1 rings (SSSR count). The molecule has 1 N–H and O–H groups in total. The highest BCUT2D eigenvalue weighted by molar-refractivity contribution is 5.77. The highest BCUT2D eigenvalue weighted by Crippen LogP contribution is 2.08. The van der Waals surface area contributed by atoms with Crippen LogP contribution in [0.25, 0.3) is 0 Å². The van der Waals surface area contributed by atoms with Gasteiger partial charge in [0.05, 0.1) is 0 Å². The average Bonchev–Trinajstić information content (AvgIpc) is 2.19. The van der Waals surface area contributed by atoms with Gasteiger partial charge in [-0.05, 0) is 19.3 Å². The number of carbonyl (C=O) groups excluding carboxylic acids is 1. The molecule has 0 saturated carbocycles. The summed E-state index contributed by atoms with van der Waals surface area (Å²) in [5.74, 6) is 0.0978. The first kappa shape index (κ1) is 10.5. The normalized spacial score (nSPS) is 17.5. The van der Waals surface area contributed by atoms with E-state index in [2.05, 4.69) is 5.48 Å². The summed E-state index contributed by atoms with van der Waals surface area (Å²) in [5.41, 5.74) is 2.67. The maximum atomic E-state index is 11.4. The molecule has 1 saturated heterocycles. The van der Waals surface area contributed by atoms with Gasteiger partial charge in [0.1, 0.15) is 6.61 Å². The van der Waals surface area contributed by atoms with Crippen LogP contribution < -0.4 is 5.48 Å². The van der Waals surface area contributed by atoms with Crippen molar-refractivity contribution >= 4 is 5.91 Å². The van der Waals surface area contributed by atoms with Crippen molar-refractivity contribution in [2.24, 2.45) is 0 Å². The number of nitrogens with one attached hydrogen (secondary N) is 1. The standard InChI is InChI=1S/C9H18N2O2/c1-2-10-13-8-9(12)11-6-4-3-5-7-11/h10H,2-8H2,1H3. The van der Waals surface area contributed by atoms with E-state index < -0.39 is 0 Å². The fraction of sp³-hybridized carbons (Fsp3) is 0.889. The summed E-state index contributed by atoms with van der Waals surface area (Å²) in [6, 6.07) is 0. The molecule has 0 aliphatic carbocycles. The van der Waals surface area contributed by atoms with Gasteiger partial charge in [0, 0.05) is 19.6 Å². The number of amides is 1. The van der Waals surface area contributed by atoms with Gasteiger partial charge in [0.15, 0.2) is 0 Å². The Balaban J connectivity index is 2.13. The van der Waals surface area contributed by atoms with E-state index in [9.17, 15) is 4.79 Å². The number of hydroxylamine groups is 1. The minimum atomic E-state index is 0.0978. The summed E-state index contributed by atoms with van der Waals surface area (Å²) in [6.45, 7) is 4.62. The number of piperidine rings is 1. The van der Waals surface area contributed by atoms with E-state index in [4.69, 9.17) is 4.84 Å². The molecule has 1 amide bonds. The van der Waals surface area contributed by atoms with Crippen LogP contribution in [-0.4, -0.2) is 37.0 Å². The molecule has 0 atom stereocenters. The fourth-order valence-corrected chi connectivity index (χ4v) is 1.45. The predicted molar refractivity (Wildman–Crippen MR) is 50.1 cm³/mol. The van der Waals surface area contributed by atoms with E-state index in [1.54, 1.807) is 0 Å². The van der Waals surface area contributed by atoms with Crippen molar-refractivity contribution in [2.75, 3.05) is 26.2 Å². The Morgan fingerprint density at radius 3 is 2.69 bits per heavy atom. The van der Waals surface area contributed by atoms with E-state index in [-0.39, 0.29) is 12.5 Å². The Hall–Kier alpha value is -0.610. The molecular weight excluding hydrogens is 168 g/mol. The van der Waals surface area contributed by atoms with Gasteiger partial charge in [0.2, 0.25) is 0 Å². The largest absolute Gasteiger partial charge is 0.341 e. The first-order chi connectivity index (χ1) is 6.34. The average molecular weight is 186 g/mol. The second kappa shape index (κ2) is 5.94. The highest BCUT2D eigenvalue weighted by Gasteiger charge is 2.15. The molecule has 4 heteroatoms. The molecule has 76 valence electrons. The molecule has 0 aromatic heterocycles. The van der Waals surface area contributed by atoms with Crippen LogP contribution in [0, 0.1) is 0 Å². The minimum Gasteiger partial charge on any atom is -0.341 e. The van der Waals surface area contributed by atoms with Gasteiger partial charge < -0.3 is 4.90 Å². The summed E-state index contributed by atoms with van der Waals surface area (Å²) in [5, 5.41) is 0. The third-order valence-electron chi connectivity index (χ3n) is 2.15. The van der Waals surface area contributed by atoms with Crippen LogP contribution in [0.4, 0.5) is 0 Å². The molecule has 1 heterocycles. The third kappa shape index (κ3) is 3.74. The molecule has 1 aliphatic rings. The summed E-state index contributed by atoms with van der Waals surface area (Å²) < 4.78 is 0. The van der Waals surface area contributed by atoms with Gasteiger partial charge in [-0.3, -0.25) is 9.63 Å². The molecule has 4 nitrogen and oxygen atoms in total. The van der Waals surface area contributed by atoms with E-state index in [1.165, 1.54) is 6.42 Å². The van der Waals surface area contributed by atoms with Crippen LogP contribution in [0.1, 0.15) is 26.2 Å². The van der Waals surface area contributed by atoms with Crippen LogP contribution in [0.2, 0.25) is 0 Å². The maximum absolute atomic E-state index is 11.4. The van der Waals surface area contributed by atoms with E-state index in [0.717, 1.165) is 32.5 Å². The predicted octanol–water partition coefficient (Wildman–Crippen LogP) is 0.540. The minimum absolute atomic E-state index is 0.0978. The Kier molecular flexibility index (Phi) is 4.78. The third-order valence-corrected chi connectivity index (χ3v) is 2.15. The van der Waals surface area contributed by atoms with Crippen LogP contribution in [0.5, 0.6) is 0 Å². The molecule has 13 heavy (non-hydrogen) atoms. The van der Waals surface area contributed by atoms with Gasteiger partial charge in [-0.2, -0.15) is 0 Å². The Labute approximate surface area is 79.2 Å². The molecule has 0 aromatic carbocycles. The smallest absolute Gasteiger partial charge is 0.250 e. The zero-order chi connectivity index (χ0) is 9.52. The van der Waals surface area contributed by atoms with Gasteiger partial charge in [-0.25, -0.2) is 5.48 Å². The van der Waals surface area contributed by atoms with Crippen LogP contribution in [-0.2, 0) is 9.63 Å². The highest BCUT2D eigenvalue weighted by atomic mass is 16.6. The number of rotatable bonds is 4. The fourth-order valence-electron chi connectivity index (χ4n) is 1.45. The lowest BCUT2D eigenvalue weighted by molar-refractivity contribution is -0.139. The Morgan fingerprint density at radius 1 is 1.38 bits per heavy atom. The number of hydrogen-bond acceptors (Lipinski definition) is 3. The van der Waals surface area contributed by atoms with Crippen molar-refractivity contribution in [2.45, 2.75) is 26.2 Å². The first-order valence-electron chi connectivity index (χ1n) is 4.97. The number of hydrogen-bond donors (Lipinski definition) is 1. The summed E-state index contributed by atoms with van der Waals surface area (Å²) in [7, 11) is 0. The molecule has 0 unspecified atom stereocenters. The monoisotopic (exact) mass is 186 g/mol. The zero-order valence-corrected chi connectivity index (χ0v) is 8.21. The summed E-state index contributed by atoms with van der Waals surface area (Å²) >= 11 is 0. The van der Waals surface area contributed by atoms with Gasteiger partial charge in [-0.1, -0.05) is 6.92 Å². The topological polar surface area (TPSA) is 41.6 Å². The van der Waals surface area contributed by atoms with Crippen LogP contribution >= 0.6 is 0 Å². The SMILES string of the molecule is CCNOCC(=O)N1CCCCC1. The lowest BCUT2D eigenvalue weighted by Crippen LogP contribution is -2.39. The Bertz CT molecular complexity index is 156. The molecule has 0 spiro atoms. The molecule has 0 radical (unpaired) electrons. The molecule has 1 aliphatic heterocycles. The van der Waals surface area contributed by atoms with Crippen molar-refractivity contribution in [1.82, 2.24) is 10.4 Å². The number of nitrogens with zero attached hydrogens (tertiary/aromatic N) is 1. The van der Waals surface area contributed by atoms with Crippen molar-refractivity contribution in [1.29, 1.82) is 0 Å². The van der Waals surface area contributed by atoms with E-state index >= 15 is 0 Å². The van der Waals surface area contributed by atoms with E-state index in [1.807, 2.05) is 11.8 Å². The van der Waals surface area contributed by atoms with Gasteiger partial charge >= 0.3 is 0 Å². The second-order valence-corrected chi connectivity index (χ2v) is 3.23. The summed E-state index contributed by atoms with van der Waals surface area (Å²) in [4.78, 5) is 18.3. The van der Waals surface area contributed by atoms with E-state index in [0.29, 0.717) is 0 Å². The second-order valence-electron chi connectivity index (χ2n) is 3.23. The lowest BCUT2D eigenvalue weighted by Gasteiger charge is -2.26. The lowest BCUT2D eigenvalue weighted by atomic mass is 10.1. The first-order valence-corrected chi connectivity index (χ1v) is 4.97. The molecule has 0 aromatic rings. The number of carbonyl (C=O) groups is 1. The molecule has 1 fully saturated rings. The Morgan fingerprint density at radius 2 is 2.08 bits per heavy atom.